The number of rotatable bonds is 4. The smallest absolute Gasteiger partial charge is 0.260 e. The Morgan fingerprint density at radius 2 is 2.00 bits per heavy atom. The third kappa shape index (κ3) is 3.31. The van der Waals surface area contributed by atoms with Crippen LogP contribution in [-0.4, -0.2) is 16.7 Å². The number of hydrogen-bond donors (Lipinski definition) is 1. The molecule has 0 aliphatic heterocycles. The number of pyridine rings is 1. The highest BCUT2D eigenvalue weighted by Gasteiger charge is 2.15. The molecule has 0 spiro atoms. The first kappa shape index (κ1) is 14.8. The molecule has 2 aromatic rings. The zero-order valence-corrected chi connectivity index (χ0v) is 11.8. The van der Waals surface area contributed by atoms with E-state index in [-0.39, 0.29) is 17.2 Å². The molecule has 21 heavy (non-hydrogen) atoms. The molecule has 1 aromatic carbocycles. The molecule has 0 bridgehead atoms. The first-order valence-electron chi connectivity index (χ1n) is 6.58. The van der Waals surface area contributed by atoms with Crippen molar-refractivity contribution in [3.05, 3.63) is 59.0 Å². The predicted molar refractivity (Wildman–Crippen MR) is 77.9 cm³/mol. The van der Waals surface area contributed by atoms with Gasteiger partial charge in [0.1, 0.15) is 11.6 Å². The molecule has 5 heteroatoms. The molecule has 1 amide bonds. The Hall–Kier alpha value is -2.56. The average molecular weight is 286 g/mol. The third-order valence-corrected chi connectivity index (χ3v) is 3.10. The molecule has 1 aromatic heterocycles. The Morgan fingerprint density at radius 3 is 2.57 bits per heavy atom. The van der Waals surface area contributed by atoms with E-state index in [0.717, 1.165) is 0 Å². The SMILES string of the molecule is CCC(=O)c1ccc(NC(=O)c2c(C)cccc2F)nc1. The number of ketones is 1. The zero-order chi connectivity index (χ0) is 15.4. The number of hydrogen-bond acceptors (Lipinski definition) is 3. The van der Waals surface area contributed by atoms with Gasteiger partial charge in [0, 0.05) is 18.2 Å². The van der Waals surface area contributed by atoms with Crippen molar-refractivity contribution >= 4 is 17.5 Å². The van der Waals surface area contributed by atoms with Crippen molar-refractivity contribution in [3.8, 4) is 0 Å². The van der Waals surface area contributed by atoms with E-state index in [1.807, 2.05) is 0 Å². The van der Waals surface area contributed by atoms with E-state index in [4.69, 9.17) is 0 Å². The molecule has 1 N–H and O–H groups in total. The number of aryl methyl sites for hydroxylation is 1. The van der Waals surface area contributed by atoms with Gasteiger partial charge in [-0.2, -0.15) is 0 Å². The fraction of sp³-hybridized carbons (Fsp3) is 0.188. The van der Waals surface area contributed by atoms with Gasteiger partial charge in [0.05, 0.1) is 5.56 Å². The summed E-state index contributed by atoms with van der Waals surface area (Å²) in [6.07, 6.45) is 1.79. The third-order valence-electron chi connectivity index (χ3n) is 3.10. The number of nitrogens with zero attached hydrogens (tertiary/aromatic N) is 1. The van der Waals surface area contributed by atoms with Gasteiger partial charge in [-0.1, -0.05) is 19.1 Å². The zero-order valence-electron chi connectivity index (χ0n) is 11.8. The second-order valence-corrected chi connectivity index (χ2v) is 4.59. The van der Waals surface area contributed by atoms with Gasteiger partial charge >= 0.3 is 0 Å². The minimum absolute atomic E-state index is 0.00647. The Kier molecular flexibility index (Phi) is 4.42. The molecular formula is C16H15FN2O2. The number of amides is 1. The van der Waals surface area contributed by atoms with Gasteiger partial charge in [-0.25, -0.2) is 9.37 Å². The number of carbonyl (C=O) groups is 2. The lowest BCUT2D eigenvalue weighted by atomic mass is 10.1. The molecule has 0 aliphatic carbocycles. The Morgan fingerprint density at radius 1 is 1.24 bits per heavy atom. The summed E-state index contributed by atoms with van der Waals surface area (Å²) >= 11 is 0. The van der Waals surface area contributed by atoms with Crippen LogP contribution in [0.5, 0.6) is 0 Å². The minimum Gasteiger partial charge on any atom is -0.306 e. The second kappa shape index (κ2) is 6.26. The molecule has 2 rings (SSSR count). The lowest BCUT2D eigenvalue weighted by molar-refractivity contribution is 0.0986. The number of aromatic nitrogens is 1. The van der Waals surface area contributed by atoms with Gasteiger partial charge in [0.25, 0.3) is 5.91 Å². The van der Waals surface area contributed by atoms with Crippen molar-refractivity contribution < 1.29 is 14.0 Å². The summed E-state index contributed by atoms with van der Waals surface area (Å²) in [4.78, 5) is 27.6. The quantitative estimate of drug-likeness (QED) is 0.877. The van der Waals surface area contributed by atoms with Gasteiger partial charge in [-0.3, -0.25) is 9.59 Å². The van der Waals surface area contributed by atoms with Crippen molar-refractivity contribution in [2.75, 3.05) is 5.32 Å². The van der Waals surface area contributed by atoms with Crippen molar-refractivity contribution in [2.24, 2.45) is 0 Å². The lowest BCUT2D eigenvalue weighted by Gasteiger charge is -2.08. The van der Waals surface area contributed by atoms with Gasteiger partial charge in [-0.05, 0) is 30.7 Å². The summed E-state index contributed by atoms with van der Waals surface area (Å²) < 4.78 is 13.7. The number of halogens is 1. The molecule has 0 unspecified atom stereocenters. The first-order valence-corrected chi connectivity index (χ1v) is 6.58. The van der Waals surface area contributed by atoms with Crippen LogP contribution in [0.15, 0.2) is 36.5 Å². The molecule has 0 atom stereocenters. The predicted octanol–water partition coefficient (Wildman–Crippen LogP) is 3.37. The summed E-state index contributed by atoms with van der Waals surface area (Å²) in [5, 5.41) is 2.52. The van der Waals surface area contributed by atoms with Crippen LogP contribution >= 0.6 is 0 Å². The highest BCUT2D eigenvalue weighted by atomic mass is 19.1. The van der Waals surface area contributed by atoms with Crippen LogP contribution in [0.1, 0.15) is 39.6 Å². The Balaban J connectivity index is 2.18. The van der Waals surface area contributed by atoms with Crippen molar-refractivity contribution in [1.29, 1.82) is 0 Å². The summed E-state index contributed by atoms with van der Waals surface area (Å²) in [6.45, 7) is 3.42. The highest BCUT2D eigenvalue weighted by Crippen LogP contribution is 2.15. The van der Waals surface area contributed by atoms with E-state index >= 15 is 0 Å². The standard InChI is InChI=1S/C16H15FN2O2/c1-3-13(20)11-7-8-14(18-9-11)19-16(21)15-10(2)5-4-6-12(15)17/h4-9H,3H2,1-2H3,(H,18,19,21). The Labute approximate surface area is 122 Å². The van der Waals surface area contributed by atoms with Crippen LogP contribution < -0.4 is 5.32 Å². The molecule has 0 saturated carbocycles. The van der Waals surface area contributed by atoms with E-state index in [1.54, 1.807) is 32.0 Å². The molecular weight excluding hydrogens is 271 g/mol. The van der Waals surface area contributed by atoms with E-state index in [9.17, 15) is 14.0 Å². The summed E-state index contributed by atoms with van der Waals surface area (Å²) in [5.41, 5.74) is 1.02. The number of anilines is 1. The number of benzene rings is 1. The summed E-state index contributed by atoms with van der Waals surface area (Å²) in [6, 6.07) is 7.55. The van der Waals surface area contributed by atoms with Crippen LogP contribution in [0.3, 0.4) is 0 Å². The van der Waals surface area contributed by atoms with Gasteiger partial charge in [0.15, 0.2) is 5.78 Å². The van der Waals surface area contributed by atoms with Crippen molar-refractivity contribution in [2.45, 2.75) is 20.3 Å². The van der Waals surface area contributed by atoms with Crippen molar-refractivity contribution in [3.63, 3.8) is 0 Å². The Bertz CT molecular complexity index is 661. The largest absolute Gasteiger partial charge is 0.306 e. The lowest BCUT2D eigenvalue weighted by Crippen LogP contribution is -2.16. The van der Waals surface area contributed by atoms with E-state index in [2.05, 4.69) is 10.3 Å². The minimum atomic E-state index is -0.578. The fourth-order valence-corrected chi connectivity index (χ4v) is 1.94. The molecule has 1 heterocycles. The van der Waals surface area contributed by atoms with E-state index in [0.29, 0.717) is 17.5 Å². The van der Waals surface area contributed by atoms with Gasteiger partial charge in [0.2, 0.25) is 0 Å². The molecule has 4 nitrogen and oxygen atoms in total. The number of Topliss-reactive ketones (excluding diaryl/α,β-unsaturated/α-hetero) is 1. The average Bonchev–Trinajstić information content (AvgIpc) is 2.47. The van der Waals surface area contributed by atoms with Crippen LogP contribution in [0, 0.1) is 12.7 Å². The molecule has 108 valence electrons. The highest BCUT2D eigenvalue weighted by molar-refractivity contribution is 6.05. The van der Waals surface area contributed by atoms with Crippen molar-refractivity contribution in [1.82, 2.24) is 4.98 Å². The van der Waals surface area contributed by atoms with E-state index < -0.39 is 11.7 Å². The summed E-state index contributed by atoms with van der Waals surface area (Å²) in [5.74, 6) is -0.890. The molecule has 0 fully saturated rings. The monoisotopic (exact) mass is 286 g/mol. The number of nitrogens with one attached hydrogen (secondary N) is 1. The topological polar surface area (TPSA) is 59.1 Å². The van der Waals surface area contributed by atoms with E-state index in [1.165, 1.54) is 18.3 Å². The summed E-state index contributed by atoms with van der Waals surface area (Å²) in [7, 11) is 0. The molecule has 0 aliphatic rings. The van der Waals surface area contributed by atoms with Crippen LogP contribution in [0.4, 0.5) is 10.2 Å². The van der Waals surface area contributed by atoms with Gasteiger partial charge in [-0.15, -0.1) is 0 Å². The maximum atomic E-state index is 13.7. The maximum Gasteiger partial charge on any atom is 0.260 e. The van der Waals surface area contributed by atoms with Crippen LogP contribution in [-0.2, 0) is 0 Å². The van der Waals surface area contributed by atoms with Gasteiger partial charge < -0.3 is 5.32 Å². The molecule has 0 saturated heterocycles. The number of carbonyl (C=O) groups excluding carboxylic acids is 2. The van der Waals surface area contributed by atoms with Crippen LogP contribution in [0.2, 0.25) is 0 Å². The maximum absolute atomic E-state index is 13.7. The van der Waals surface area contributed by atoms with Crippen LogP contribution in [0.25, 0.3) is 0 Å². The first-order chi connectivity index (χ1) is 10.0. The molecule has 0 radical (unpaired) electrons. The fourth-order valence-electron chi connectivity index (χ4n) is 1.94. The normalized spacial score (nSPS) is 10.2. The second-order valence-electron chi connectivity index (χ2n) is 4.59.